The van der Waals surface area contributed by atoms with Gasteiger partial charge in [-0.2, -0.15) is 0 Å². The van der Waals surface area contributed by atoms with Crippen LogP contribution >= 0.6 is 0 Å². The van der Waals surface area contributed by atoms with E-state index in [1.165, 1.54) is 9.80 Å². The van der Waals surface area contributed by atoms with Gasteiger partial charge in [-0.15, -0.1) is 0 Å². The highest BCUT2D eigenvalue weighted by Crippen LogP contribution is 2.34. The molecule has 4 fully saturated rings. The molecule has 0 aliphatic carbocycles. The molecule has 0 bridgehead atoms. The van der Waals surface area contributed by atoms with E-state index in [0.717, 1.165) is 34.6 Å². The molecule has 1 aromatic heterocycles. The van der Waals surface area contributed by atoms with Gasteiger partial charge in [0, 0.05) is 41.8 Å². The van der Waals surface area contributed by atoms with Gasteiger partial charge in [0.1, 0.15) is 37.4 Å². The van der Waals surface area contributed by atoms with Crippen LogP contribution in [0.1, 0.15) is 73.1 Å². The first-order valence-corrected chi connectivity index (χ1v) is 20.5. The van der Waals surface area contributed by atoms with E-state index in [2.05, 4.69) is 22.1 Å². The number of likely N-dealkylation sites (tertiary alicyclic amines) is 2. The largest absolute Gasteiger partial charge is 0.448 e. The number of hydrogen-bond donors (Lipinski definition) is 2. The van der Waals surface area contributed by atoms with Gasteiger partial charge in [0.2, 0.25) is 23.6 Å². The first-order chi connectivity index (χ1) is 27.4. The van der Waals surface area contributed by atoms with Crippen LogP contribution in [0.15, 0.2) is 36.4 Å². The molecule has 0 saturated carbocycles. The number of nitrogens with one attached hydrogen (secondary N) is 2. The molecule has 306 valence electrons. The highest BCUT2D eigenvalue weighted by Gasteiger charge is 2.45. The molecule has 0 spiro atoms. The third-order valence-corrected chi connectivity index (χ3v) is 11.8. The summed E-state index contributed by atoms with van der Waals surface area (Å²) in [6, 6.07) is 8.91. The third kappa shape index (κ3) is 7.72. The zero-order valence-corrected chi connectivity index (χ0v) is 33.6. The second-order valence-electron chi connectivity index (χ2n) is 16.3. The van der Waals surface area contributed by atoms with Crippen LogP contribution in [0.2, 0.25) is 0 Å². The molecule has 4 aliphatic rings. The summed E-state index contributed by atoms with van der Waals surface area (Å²) in [5.41, 5.74) is 3.08. The fourth-order valence-electron chi connectivity index (χ4n) is 9.08. The fraction of sp³-hybridized carbons (Fsp3) is 0.571. The van der Waals surface area contributed by atoms with Crippen molar-refractivity contribution in [3.05, 3.63) is 36.4 Å². The van der Waals surface area contributed by atoms with Crippen LogP contribution in [-0.4, -0.2) is 124 Å². The average Bonchev–Trinajstić information content (AvgIpc) is 4.03. The van der Waals surface area contributed by atoms with Crippen LogP contribution in [-0.2, 0) is 35.2 Å². The smallest absolute Gasteiger partial charge is 0.410 e. The molecule has 6 amide bonds. The number of hydrogen-bond acceptors (Lipinski definition) is 8. The van der Waals surface area contributed by atoms with Crippen LogP contribution in [0.5, 0.6) is 0 Å². The minimum atomic E-state index is -0.701. The van der Waals surface area contributed by atoms with Crippen molar-refractivity contribution in [3.8, 4) is 0 Å². The average molecular weight is 786 g/mol. The van der Waals surface area contributed by atoms with Gasteiger partial charge in [-0.1, -0.05) is 53.2 Å². The zero-order chi connectivity index (χ0) is 40.5. The molecule has 2 N–H and O–H groups in total. The Morgan fingerprint density at radius 2 is 1.12 bits per heavy atom. The topological polar surface area (TPSA) is 163 Å². The minimum Gasteiger partial charge on any atom is -0.448 e. The number of benzene rings is 2. The number of aryl methyl sites for hydroxylation is 1. The van der Waals surface area contributed by atoms with E-state index in [1.807, 2.05) is 64.1 Å². The highest BCUT2D eigenvalue weighted by atomic mass is 16.6. The molecule has 4 atom stereocenters. The predicted molar refractivity (Wildman–Crippen MR) is 214 cm³/mol. The van der Waals surface area contributed by atoms with Crippen molar-refractivity contribution >= 4 is 69.0 Å². The maximum atomic E-state index is 13.9. The van der Waals surface area contributed by atoms with E-state index in [0.29, 0.717) is 69.8 Å². The Morgan fingerprint density at radius 3 is 1.49 bits per heavy atom. The van der Waals surface area contributed by atoms with Crippen molar-refractivity contribution in [2.75, 3.05) is 50.0 Å². The number of carbonyl (C=O) groups excluding carboxylic acids is 6. The Hall–Kier alpha value is -5.34. The predicted octanol–water partition coefficient (Wildman–Crippen LogP) is 5.41. The Labute approximate surface area is 332 Å². The van der Waals surface area contributed by atoms with Crippen molar-refractivity contribution in [1.82, 2.24) is 24.2 Å². The molecule has 15 heteroatoms. The second-order valence-corrected chi connectivity index (χ2v) is 16.3. The fourth-order valence-corrected chi connectivity index (χ4v) is 9.08. The number of nitrogens with zero attached hydrogens (tertiary/aromatic N) is 5. The van der Waals surface area contributed by atoms with Gasteiger partial charge in [-0.3, -0.25) is 29.0 Å². The summed E-state index contributed by atoms with van der Waals surface area (Å²) >= 11 is 0. The minimum absolute atomic E-state index is 0.151. The second kappa shape index (κ2) is 16.6. The standard InChI is InChI=1S/C42H55N7O8/c1-6-7-16-45-33-23-27(43-37(50)31-10-8-17-46(31)39(52)35(25(2)3)48-19-21-56-41(48)54)12-14-29(33)30-15-13-28(24-34(30)45)44-38(51)32-11-9-18-47(32)40(53)36(26(4)5)49-20-22-57-42(49)55/h12-15,23-26,31-32,35-36H,6-11,16-22H2,1-5H3,(H,43,50)(H,44,51)/t31-,32?,35-,36-/m0/s1. The molecule has 4 aliphatic heterocycles. The number of unbranched alkanes of at least 4 members (excludes halogenated alkanes) is 1. The zero-order valence-electron chi connectivity index (χ0n) is 33.6. The van der Waals surface area contributed by atoms with Gasteiger partial charge in [-0.25, -0.2) is 9.59 Å². The van der Waals surface area contributed by atoms with Crippen LogP contribution in [0.4, 0.5) is 21.0 Å². The van der Waals surface area contributed by atoms with Crippen molar-refractivity contribution in [1.29, 1.82) is 0 Å². The molecule has 1 unspecified atom stereocenters. The van der Waals surface area contributed by atoms with Crippen LogP contribution in [0, 0.1) is 11.8 Å². The van der Waals surface area contributed by atoms with E-state index in [4.69, 9.17) is 9.47 Å². The lowest BCUT2D eigenvalue weighted by Crippen LogP contribution is -2.54. The maximum absolute atomic E-state index is 13.9. The Kier molecular flexibility index (Phi) is 11.6. The van der Waals surface area contributed by atoms with Gasteiger partial charge < -0.3 is 34.5 Å². The molecular formula is C42H55N7O8. The molecule has 5 heterocycles. The lowest BCUT2D eigenvalue weighted by atomic mass is 10.0. The van der Waals surface area contributed by atoms with Crippen LogP contribution < -0.4 is 10.6 Å². The number of amides is 6. The normalized spacial score (nSPS) is 20.9. The molecule has 15 nitrogen and oxygen atoms in total. The van der Waals surface area contributed by atoms with Crippen molar-refractivity contribution in [2.45, 2.75) is 104 Å². The maximum Gasteiger partial charge on any atom is 0.410 e. The summed E-state index contributed by atoms with van der Waals surface area (Å²) in [4.78, 5) is 86.4. The van der Waals surface area contributed by atoms with Crippen molar-refractivity contribution in [2.24, 2.45) is 11.8 Å². The first kappa shape index (κ1) is 39.9. The summed E-state index contributed by atoms with van der Waals surface area (Å²) in [6.07, 6.45) is 3.29. The number of fused-ring (bicyclic) bond motifs is 3. The van der Waals surface area contributed by atoms with E-state index in [9.17, 15) is 28.8 Å². The SMILES string of the molecule is CCCCn1c2cc(NC(=O)C3CCCN3C(=O)[C@H](C(C)C)N3CCOC3=O)ccc2c2ccc(NC(=O)[C@@H]3CCCN3C(=O)[C@H](C(C)C)N3CCOC3=O)cc21. The Balaban J connectivity index is 1.10. The molecule has 4 saturated heterocycles. The summed E-state index contributed by atoms with van der Waals surface area (Å²) in [7, 11) is 0. The first-order valence-electron chi connectivity index (χ1n) is 20.5. The van der Waals surface area contributed by atoms with Gasteiger partial charge in [0.15, 0.2) is 0 Å². The molecule has 0 radical (unpaired) electrons. The van der Waals surface area contributed by atoms with E-state index in [-0.39, 0.29) is 48.7 Å². The number of carbonyl (C=O) groups is 6. The Bertz CT molecular complexity index is 1920. The van der Waals surface area contributed by atoms with Crippen molar-refractivity contribution < 1.29 is 38.2 Å². The van der Waals surface area contributed by atoms with Gasteiger partial charge in [-0.05, 0) is 68.2 Å². The lowest BCUT2D eigenvalue weighted by Gasteiger charge is -2.33. The Morgan fingerprint density at radius 1 is 0.684 bits per heavy atom. The van der Waals surface area contributed by atoms with E-state index < -0.39 is 36.4 Å². The van der Waals surface area contributed by atoms with E-state index >= 15 is 0 Å². The summed E-state index contributed by atoms with van der Waals surface area (Å²) in [5, 5.41) is 8.16. The van der Waals surface area contributed by atoms with Gasteiger partial charge in [0.05, 0.1) is 24.1 Å². The van der Waals surface area contributed by atoms with Gasteiger partial charge >= 0.3 is 12.2 Å². The van der Waals surface area contributed by atoms with Gasteiger partial charge in [0.25, 0.3) is 0 Å². The number of aromatic nitrogens is 1. The highest BCUT2D eigenvalue weighted by molar-refractivity contribution is 6.11. The number of cyclic esters (lactones) is 2. The van der Waals surface area contributed by atoms with Crippen molar-refractivity contribution in [3.63, 3.8) is 0 Å². The van der Waals surface area contributed by atoms with Crippen LogP contribution in [0.25, 0.3) is 21.8 Å². The van der Waals surface area contributed by atoms with E-state index in [1.54, 1.807) is 9.80 Å². The molecule has 7 rings (SSSR count). The number of rotatable bonds is 13. The lowest BCUT2D eigenvalue weighted by molar-refractivity contribution is -0.141. The number of anilines is 2. The molecule has 3 aromatic rings. The summed E-state index contributed by atoms with van der Waals surface area (Å²) in [5.74, 6) is -1.32. The summed E-state index contributed by atoms with van der Waals surface area (Å²) in [6.45, 7) is 12.5. The number of ether oxygens (including phenoxy) is 2. The third-order valence-electron chi connectivity index (χ3n) is 11.8. The molecular weight excluding hydrogens is 731 g/mol. The quantitative estimate of drug-likeness (QED) is 0.233. The molecule has 57 heavy (non-hydrogen) atoms. The monoisotopic (exact) mass is 785 g/mol. The summed E-state index contributed by atoms with van der Waals surface area (Å²) < 4.78 is 12.5. The molecule has 2 aromatic carbocycles. The van der Waals surface area contributed by atoms with Crippen LogP contribution in [0.3, 0.4) is 0 Å².